The molecule has 3 rings (SSSR count). The first-order chi connectivity index (χ1) is 13.1. The van der Waals surface area contributed by atoms with Gasteiger partial charge < -0.3 is 10.6 Å². The molecule has 2 aromatic carbocycles. The van der Waals surface area contributed by atoms with Gasteiger partial charge in [-0.2, -0.15) is 0 Å². The van der Waals surface area contributed by atoms with Gasteiger partial charge in [0.05, 0.1) is 4.92 Å². The van der Waals surface area contributed by atoms with Crippen molar-refractivity contribution in [1.29, 1.82) is 0 Å². The van der Waals surface area contributed by atoms with Gasteiger partial charge in [-0.25, -0.2) is 0 Å². The van der Waals surface area contributed by atoms with Crippen LogP contribution >= 0.6 is 12.2 Å². The molecule has 1 aliphatic rings. The van der Waals surface area contributed by atoms with Crippen LogP contribution in [-0.4, -0.2) is 28.0 Å². The Hall–Kier alpha value is -2.51. The summed E-state index contributed by atoms with van der Waals surface area (Å²) < 4.78 is 0. The Morgan fingerprint density at radius 1 is 1.00 bits per heavy atom. The summed E-state index contributed by atoms with van der Waals surface area (Å²) in [6.45, 7) is 4.05. The molecule has 1 heterocycles. The molecule has 0 radical (unpaired) electrons. The van der Waals surface area contributed by atoms with Gasteiger partial charge in [-0.1, -0.05) is 30.7 Å². The molecule has 1 fully saturated rings. The number of nitrogens with zero attached hydrogens (tertiary/aromatic N) is 2. The number of nitrogens with one attached hydrogen (secondary N) is 2. The van der Waals surface area contributed by atoms with Crippen LogP contribution in [0.15, 0.2) is 48.5 Å². The zero-order valence-corrected chi connectivity index (χ0v) is 16.0. The number of anilines is 1. The highest BCUT2D eigenvalue weighted by molar-refractivity contribution is 7.80. The lowest BCUT2D eigenvalue weighted by molar-refractivity contribution is -0.384. The lowest BCUT2D eigenvalue weighted by Crippen LogP contribution is -2.29. The van der Waals surface area contributed by atoms with E-state index in [1.807, 2.05) is 0 Å². The summed E-state index contributed by atoms with van der Waals surface area (Å²) in [6.07, 6.45) is 3.97. The van der Waals surface area contributed by atoms with E-state index in [0.29, 0.717) is 11.7 Å². The van der Waals surface area contributed by atoms with Crippen LogP contribution in [-0.2, 0) is 13.1 Å². The van der Waals surface area contributed by atoms with E-state index >= 15 is 0 Å². The van der Waals surface area contributed by atoms with Crippen molar-refractivity contribution in [2.75, 3.05) is 18.4 Å². The average molecular weight is 385 g/mol. The van der Waals surface area contributed by atoms with Crippen LogP contribution in [0.3, 0.4) is 0 Å². The van der Waals surface area contributed by atoms with Crippen molar-refractivity contribution in [3.05, 3.63) is 69.8 Å². The number of piperidine rings is 1. The van der Waals surface area contributed by atoms with Gasteiger partial charge in [-0.15, -0.1) is 0 Å². The van der Waals surface area contributed by atoms with Gasteiger partial charge in [0, 0.05) is 30.9 Å². The summed E-state index contributed by atoms with van der Waals surface area (Å²) in [7, 11) is 0. The van der Waals surface area contributed by atoms with Crippen LogP contribution in [0.2, 0.25) is 0 Å². The van der Waals surface area contributed by atoms with Crippen LogP contribution in [0.5, 0.6) is 0 Å². The zero-order valence-electron chi connectivity index (χ0n) is 15.2. The van der Waals surface area contributed by atoms with Crippen LogP contribution in [0, 0.1) is 10.1 Å². The first-order valence-electron chi connectivity index (χ1n) is 9.19. The van der Waals surface area contributed by atoms with Gasteiger partial charge in [-0.05, 0) is 61.4 Å². The summed E-state index contributed by atoms with van der Waals surface area (Å²) in [4.78, 5) is 12.8. The third-order valence-electron chi connectivity index (χ3n) is 4.67. The smallest absolute Gasteiger partial charge is 0.269 e. The summed E-state index contributed by atoms with van der Waals surface area (Å²) >= 11 is 5.29. The molecule has 1 aliphatic heterocycles. The van der Waals surface area contributed by atoms with Gasteiger partial charge in [-0.3, -0.25) is 15.0 Å². The fraction of sp³-hybridized carbons (Fsp3) is 0.350. The number of non-ortho nitro benzene ring substituents is 1. The Morgan fingerprint density at radius 3 is 2.26 bits per heavy atom. The molecule has 0 amide bonds. The first-order valence-corrected chi connectivity index (χ1v) is 9.60. The van der Waals surface area contributed by atoms with Crippen molar-refractivity contribution >= 4 is 28.7 Å². The largest absolute Gasteiger partial charge is 0.358 e. The van der Waals surface area contributed by atoms with E-state index in [9.17, 15) is 10.1 Å². The number of hydrogen-bond donors (Lipinski definition) is 2. The number of rotatable bonds is 6. The summed E-state index contributed by atoms with van der Waals surface area (Å²) in [5.74, 6) is 0. The Morgan fingerprint density at radius 2 is 1.63 bits per heavy atom. The molecule has 7 heteroatoms. The maximum Gasteiger partial charge on any atom is 0.269 e. The van der Waals surface area contributed by atoms with Crippen LogP contribution in [0.4, 0.5) is 11.4 Å². The van der Waals surface area contributed by atoms with Crippen LogP contribution in [0.1, 0.15) is 30.4 Å². The number of nitro benzene ring substituents is 1. The summed E-state index contributed by atoms with van der Waals surface area (Å²) in [5.41, 5.74) is 3.27. The lowest BCUT2D eigenvalue weighted by Gasteiger charge is -2.26. The number of hydrogen-bond acceptors (Lipinski definition) is 4. The van der Waals surface area contributed by atoms with Gasteiger partial charge >= 0.3 is 0 Å². The molecule has 1 saturated heterocycles. The van der Waals surface area contributed by atoms with E-state index < -0.39 is 4.92 Å². The van der Waals surface area contributed by atoms with E-state index in [1.165, 1.54) is 50.0 Å². The third kappa shape index (κ3) is 6.01. The van der Waals surface area contributed by atoms with Crippen molar-refractivity contribution < 1.29 is 4.92 Å². The Bertz CT molecular complexity index is 772. The van der Waals surface area contributed by atoms with Gasteiger partial charge in [0.25, 0.3) is 5.69 Å². The molecule has 27 heavy (non-hydrogen) atoms. The maximum atomic E-state index is 10.7. The van der Waals surface area contributed by atoms with Gasteiger partial charge in [0.15, 0.2) is 5.11 Å². The minimum absolute atomic E-state index is 0.0593. The lowest BCUT2D eigenvalue weighted by atomic mass is 10.1. The number of benzene rings is 2. The molecular weight excluding hydrogens is 360 g/mol. The number of nitro groups is 1. The summed E-state index contributed by atoms with van der Waals surface area (Å²) in [6, 6.07) is 14.8. The summed E-state index contributed by atoms with van der Waals surface area (Å²) in [5, 5.41) is 17.4. The van der Waals surface area contributed by atoms with E-state index in [-0.39, 0.29) is 5.69 Å². The van der Waals surface area contributed by atoms with Crippen molar-refractivity contribution in [1.82, 2.24) is 10.2 Å². The van der Waals surface area contributed by atoms with Crippen molar-refractivity contribution in [3.8, 4) is 0 Å². The van der Waals surface area contributed by atoms with Gasteiger partial charge in [0.1, 0.15) is 0 Å². The van der Waals surface area contributed by atoms with Crippen molar-refractivity contribution in [2.45, 2.75) is 32.4 Å². The molecule has 0 aromatic heterocycles. The second-order valence-corrected chi connectivity index (χ2v) is 7.17. The second kappa shape index (κ2) is 9.43. The fourth-order valence-corrected chi connectivity index (χ4v) is 3.35. The average Bonchev–Trinajstić information content (AvgIpc) is 2.69. The van der Waals surface area contributed by atoms with Crippen LogP contribution in [0.25, 0.3) is 0 Å². The molecule has 2 N–H and O–H groups in total. The molecular formula is C20H24N4O2S. The second-order valence-electron chi connectivity index (χ2n) is 6.76. The highest BCUT2D eigenvalue weighted by atomic mass is 32.1. The number of thiocarbonyl (C=S) groups is 1. The van der Waals surface area contributed by atoms with Crippen molar-refractivity contribution in [2.24, 2.45) is 0 Å². The predicted molar refractivity (Wildman–Crippen MR) is 112 cm³/mol. The fourth-order valence-electron chi connectivity index (χ4n) is 3.16. The first kappa shape index (κ1) is 19.3. The number of likely N-dealkylation sites (tertiary alicyclic amines) is 1. The Labute approximate surface area is 164 Å². The highest BCUT2D eigenvalue weighted by Gasteiger charge is 2.10. The predicted octanol–water partition coefficient (Wildman–Crippen LogP) is 4.07. The topological polar surface area (TPSA) is 70.4 Å². The Balaban J connectivity index is 1.44. The molecule has 0 spiro atoms. The molecule has 0 saturated carbocycles. The van der Waals surface area contributed by atoms with Gasteiger partial charge in [0.2, 0.25) is 0 Å². The van der Waals surface area contributed by atoms with E-state index in [4.69, 9.17) is 12.2 Å². The molecule has 142 valence electrons. The minimum atomic E-state index is -0.421. The molecule has 0 unspecified atom stereocenters. The third-order valence-corrected chi connectivity index (χ3v) is 4.91. The monoisotopic (exact) mass is 384 g/mol. The minimum Gasteiger partial charge on any atom is -0.358 e. The zero-order chi connectivity index (χ0) is 19.1. The molecule has 0 aliphatic carbocycles. The molecule has 0 atom stereocenters. The maximum absolute atomic E-state index is 10.7. The van der Waals surface area contributed by atoms with E-state index in [2.05, 4.69) is 39.8 Å². The quantitative estimate of drug-likeness (QED) is 0.444. The van der Waals surface area contributed by atoms with E-state index in [1.54, 1.807) is 12.1 Å². The highest BCUT2D eigenvalue weighted by Crippen LogP contribution is 2.16. The standard InChI is InChI=1S/C20H24N4O2S/c25-24(26)19-10-8-18(9-11-19)22-20(27)21-14-16-4-6-17(7-5-16)15-23-12-2-1-3-13-23/h4-11H,1-3,12-15H2,(H2,21,22,27). The molecule has 6 nitrogen and oxygen atoms in total. The van der Waals surface area contributed by atoms with E-state index in [0.717, 1.165) is 17.8 Å². The Kier molecular flexibility index (Phi) is 6.73. The molecule has 0 bridgehead atoms. The van der Waals surface area contributed by atoms with Crippen molar-refractivity contribution in [3.63, 3.8) is 0 Å². The normalized spacial score (nSPS) is 14.5. The SMILES string of the molecule is O=[N+]([O-])c1ccc(NC(=S)NCc2ccc(CN3CCCCC3)cc2)cc1. The van der Waals surface area contributed by atoms with Crippen LogP contribution < -0.4 is 10.6 Å². The molecule has 2 aromatic rings.